The molecule has 0 spiro atoms. The van der Waals surface area contributed by atoms with Crippen LogP contribution in [0.1, 0.15) is 49.5 Å². The first-order valence-electron chi connectivity index (χ1n) is 12.0. The molecule has 35 heavy (non-hydrogen) atoms. The summed E-state index contributed by atoms with van der Waals surface area (Å²) in [4.78, 5) is 43.1. The Morgan fingerprint density at radius 1 is 1.00 bits per heavy atom. The van der Waals surface area contributed by atoms with E-state index in [1.807, 2.05) is 51.1 Å². The number of amides is 3. The van der Waals surface area contributed by atoms with Crippen LogP contribution in [0, 0.1) is 5.82 Å². The first-order chi connectivity index (χ1) is 16.8. The zero-order valence-electron chi connectivity index (χ0n) is 20.3. The molecule has 1 heterocycles. The molecule has 0 aromatic heterocycles. The molecule has 4 rings (SSSR count). The molecule has 3 aromatic rings. The van der Waals surface area contributed by atoms with Crippen LogP contribution in [0.3, 0.4) is 0 Å². The van der Waals surface area contributed by atoms with Gasteiger partial charge >= 0.3 is 0 Å². The van der Waals surface area contributed by atoms with Gasteiger partial charge < -0.3 is 10.2 Å². The van der Waals surface area contributed by atoms with E-state index in [-0.39, 0.29) is 42.7 Å². The molecule has 0 radical (unpaired) electrons. The van der Waals surface area contributed by atoms with Gasteiger partial charge in [0.1, 0.15) is 18.4 Å². The van der Waals surface area contributed by atoms with Gasteiger partial charge in [-0.1, -0.05) is 50.2 Å². The van der Waals surface area contributed by atoms with E-state index in [1.54, 1.807) is 18.2 Å². The lowest BCUT2D eigenvalue weighted by molar-refractivity contribution is -0.140. The second kappa shape index (κ2) is 10.3. The second-order valence-corrected chi connectivity index (χ2v) is 8.96. The topological polar surface area (TPSA) is 69.7 Å². The molecule has 0 fully saturated rings. The molecule has 182 valence electrons. The van der Waals surface area contributed by atoms with Crippen molar-refractivity contribution in [3.05, 3.63) is 77.6 Å². The highest BCUT2D eigenvalue weighted by Gasteiger charge is 2.35. The Morgan fingerprint density at radius 3 is 2.34 bits per heavy atom. The Balaban J connectivity index is 1.64. The molecule has 7 heteroatoms. The monoisotopic (exact) mass is 475 g/mol. The van der Waals surface area contributed by atoms with Crippen molar-refractivity contribution in [3.8, 4) is 0 Å². The second-order valence-electron chi connectivity index (χ2n) is 8.96. The van der Waals surface area contributed by atoms with Gasteiger partial charge in [0.05, 0.1) is 5.69 Å². The van der Waals surface area contributed by atoms with Gasteiger partial charge in [-0.05, 0) is 55.0 Å². The number of hydrogen-bond acceptors (Lipinski definition) is 3. The predicted molar refractivity (Wildman–Crippen MR) is 135 cm³/mol. The maximum absolute atomic E-state index is 13.7. The summed E-state index contributed by atoms with van der Waals surface area (Å²) in [6, 6.07) is 16.3. The molecular formula is C28H30FN3O3. The lowest BCUT2D eigenvalue weighted by atomic mass is 10.1. The number of halogens is 1. The molecule has 0 aliphatic carbocycles. The standard InChI is InChI=1S/C28H30FN3O3/c1-4-18(3)30-27(34)23(5-2)31(16-19-12-14-21(29)15-13-19)25(33)17-32-24-11-7-9-20-8-6-10-22(26(20)24)28(32)35/h6-15,18,23H,4-5,16-17H2,1-3H3,(H,30,34)/t18-,23-/m1/s1. The minimum Gasteiger partial charge on any atom is -0.352 e. The Bertz CT molecular complexity index is 1250. The van der Waals surface area contributed by atoms with Gasteiger partial charge in [-0.15, -0.1) is 0 Å². The largest absolute Gasteiger partial charge is 0.352 e. The molecule has 0 saturated heterocycles. The molecule has 1 aliphatic rings. The van der Waals surface area contributed by atoms with Crippen molar-refractivity contribution in [2.75, 3.05) is 11.4 Å². The first-order valence-corrected chi connectivity index (χ1v) is 12.0. The van der Waals surface area contributed by atoms with Crippen molar-refractivity contribution in [3.63, 3.8) is 0 Å². The lowest BCUT2D eigenvalue weighted by Gasteiger charge is -2.32. The molecule has 1 aliphatic heterocycles. The van der Waals surface area contributed by atoms with Gasteiger partial charge in [0.2, 0.25) is 11.8 Å². The van der Waals surface area contributed by atoms with E-state index in [2.05, 4.69) is 5.32 Å². The number of hydrogen-bond donors (Lipinski definition) is 1. The fourth-order valence-corrected chi connectivity index (χ4v) is 4.51. The fraction of sp³-hybridized carbons (Fsp3) is 0.321. The van der Waals surface area contributed by atoms with Crippen LogP contribution in [0.15, 0.2) is 60.7 Å². The van der Waals surface area contributed by atoms with Gasteiger partial charge in [0.25, 0.3) is 5.91 Å². The van der Waals surface area contributed by atoms with Crippen LogP contribution in [0.4, 0.5) is 10.1 Å². The van der Waals surface area contributed by atoms with Crippen LogP contribution in [0.2, 0.25) is 0 Å². The zero-order chi connectivity index (χ0) is 25.1. The number of anilines is 1. The third-order valence-corrected chi connectivity index (χ3v) is 6.60. The molecule has 3 amide bonds. The quantitative estimate of drug-likeness (QED) is 0.489. The number of benzene rings is 3. The summed E-state index contributed by atoms with van der Waals surface area (Å²) < 4.78 is 13.5. The van der Waals surface area contributed by atoms with Gasteiger partial charge in [0, 0.05) is 23.5 Å². The highest BCUT2D eigenvalue weighted by Crippen LogP contribution is 2.37. The van der Waals surface area contributed by atoms with Crippen LogP contribution in [0.5, 0.6) is 0 Å². The number of nitrogens with one attached hydrogen (secondary N) is 1. The summed E-state index contributed by atoms with van der Waals surface area (Å²) in [7, 11) is 0. The van der Waals surface area contributed by atoms with Crippen molar-refractivity contribution in [1.29, 1.82) is 0 Å². The van der Waals surface area contributed by atoms with Crippen molar-refractivity contribution < 1.29 is 18.8 Å². The third-order valence-electron chi connectivity index (χ3n) is 6.60. The summed E-state index contributed by atoms with van der Waals surface area (Å²) in [5.41, 5.74) is 1.96. The van der Waals surface area contributed by atoms with Gasteiger partial charge in [-0.3, -0.25) is 19.3 Å². The number of nitrogens with zero attached hydrogens (tertiary/aromatic N) is 2. The molecule has 0 unspecified atom stereocenters. The number of carbonyl (C=O) groups is 3. The van der Waals surface area contributed by atoms with E-state index >= 15 is 0 Å². The highest BCUT2D eigenvalue weighted by molar-refractivity contribution is 6.26. The van der Waals surface area contributed by atoms with Gasteiger partial charge in [0.15, 0.2) is 0 Å². The smallest absolute Gasteiger partial charge is 0.259 e. The van der Waals surface area contributed by atoms with E-state index in [4.69, 9.17) is 0 Å². The molecule has 0 bridgehead atoms. The molecule has 0 saturated carbocycles. The van der Waals surface area contributed by atoms with Gasteiger partial charge in [-0.25, -0.2) is 4.39 Å². The lowest BCUT2D eigenvalue weighted by Crippen LogP contribution is -2.53. The molecule has 3 aromatic carbocycles. The van der Waals surface area contributed by atoms with Crippen molar-refractivity contribution in [1.82, 2.24) is 10.2 Å². The summed E-state index contributed by atoms with van der Waals surface area (Å²) in [6.07, 6.45) is 1.16. The van der Waals surface area contributed by atoms with Gasteiger partial charge in [-0.2, -0.15) is 0 Å². The molecule has 1 N–H and O–H groups in total. The number of rotatable bonds is 9. The van der Waals surface area contributed by atoms with Crippen LogP contribution in [-0.2, 0) is 16.1 Å². The summed E-state index contributed by atoms with van der Waals surface area (Å²) in [5, 5.41) is 4.74. The zero-order valence-corrected chi connectivity index (χ0v) is 20.3. The van der Waals surface area contributed by atoms with E-state index < -0.39 is 6.04 Å². The Labute approximate surface area is 204 Å². The fourth-order valence-electron chi connectivity index (χ4n) is 4.51. The molecular weight excluding hydrogens is 445 g/mol. The Morgan fingerprint density at radius 2 is 1.69 bits per heavy atom. The minimum atomic E-state index is -0.725. The average Bonchev–Trinajstić information content (AvgIpc) is 3.13. The Kier molecular flexibility index (Phi) is 7.15. The summed E-state index contributed by atoms with van der Waals surface area (Å²) in [5.74, 6) is -1.19. The van der Waals surface area contributed by atoms with Crippen molar-refractivity contribution in [2.24, 2.45) is 0 Å². The predicted octanol–water partition coefficient (Wildman–Crippen LogP) is 4.66. The van der Waals surface area contributed by atoms with Crippen LogP contribution in [-0.4, -0.2) is 41.2 Å². The number of carbonyl (C=O) groups excluding carboxylic acids is 3. The third kappa shape index (κ3) is 4.90. The molecule has 2 atom stereocenters. The summed E-state index contributed by atoms with van der Waals surface area (Å²) >= 11 is 0. The first kappa shape index (κ1) is 24.4. The van der Waals surface area contributed by atoms with E-state index in [1.165, 1.54) is 21.9 Å². The van der Waals surface area contributed by atoms with E-state index in [0.717, 1.165) is 17.2 Å². The average molecular weight is 476 g/mol. The van der Waals surface area contributed by atoms with Crippen LogP contribution < -0.4 is 10.2 Å². The Hall–Kier alpha value is -3.74. The SMILES string of the molecule is CC[C@@H](C)NC(=O)[C@@H](CC)N(Cc1ccc(F)cc1)C(=O)CN1C(=O)c2cccc3cccc1c23. The van der Waals surface area contributed by atoms with Crippen LogP contribution >= 0.6 is 0 Å². The normalized spacial score (nSPS) is 14.2. The van der Waals surface area contributed by atoms with E-state index in [9.17, 15) is 18.8 Å². The molecule has 6 nitrogen and oxygen atoms in total. The van der Waals surface area contributed by atoms with Crippen LogP contribution in [0.25, 0.3) is 10.8 Å². The minimum absolute atomic E-state index is 0.0356. The van der Waals surface area contributed by atoms with E-state index in [0.29, 0.717) is 23.2 Å². The van der Waals surface area contributed by atoms with Crippen molar-refractivity contribution in [2.45, 2.75) is 52.2 Å². The maximum Gasteiger partial charge on any atom is 0.259 e. The summed E-state index contributed by atoms with van der Waals surface area (Å²) in [6.45, 7) is 5.68. The maximum atomic E-state index is 13.7. The highest BCUT2D eigenvalue weighted by atomic mass is 19.1. The van der Waals surface area contributed by atoms with Crippen molar-refractivity contribution >= 4 is 34.2 Å².